The fraction of sp³-hybridized carbons (Fsp3) is 0.520. The fourth-order valence-corrected chi connectivity index (χ4v) is 5.69. The van der Waals surface area contributed by atoms with Crippen molar-refractivity contribution in [3.05, 3.63) is 53.8 Å². The number of alkyl halides is 3. The summed E-state index contributed by atoms with van der Waals surface area (Å²) in [5, 5.41) is 10.7. The van der Waals surface area contributed by atoms with Crippen LogP contribution >= 0.6 is 0 Å². The van der Waals surface area contributed by atoms with Crippen molar-refractivity contribution >= 4 is 17.1 Å². The number of rotatable bonds is 3. The SMILES string of the molecule is FC(F)(F)c1nc2n(n1)CCN(c1ccc3c(c1)N(CC1CCCCC1)CC1=CC=CNC1N3)C2. The molecule has 2 aromatic rings. The number of benzene rings is 1. The third kappa shape index (κ3) is 4.46. The zero-order chi connectivity index (χ0) is 24.0. The first-order valence-electron chi connectivity index (χ1n) is 12.5. The van der Waals surface area contributed by atoms with Gasteiger partial charge in [0.05, 0.1) is 24.5 Å². The Morgan fingerprint density at radius 2 is 1.91 bits per heavy atom. The molecule has 6 rings (SSSR count). The third-order valence-electron chi connectivity index (χ3n) is 7.52. The first-order chi connectivity index (χ1) is 16.9. The molecule has 1 aromatic carbocycles. The maximum absolute atomic E-state index is 13.1. The molecular formula is C25H30F3N7. The number of anilines is 3. The largest absolute Gasteiger partial charge is 0.453 e. The van der Waals surface area contributed by atoms with Gasteiger partial charge < -0.3 is 20.4 Å². The summed E-state index contributed by atoms with van der Waals surface area (Å²) in [6, 6.07) is 6.34. The van der Waals surface area contributed by atoms with Gasteiger partial charge in [0.15, 0.2) is 0 Å². The molecule has 4 aliphatic rings. The number of aromatic nitrogens is 3. The van der Waals surface area contributed by atoms with E-state index in [1.807, 2.05) is 12.3 Å². The Balaban J connectivity index is 1.30. The highest BCUT2D eigenvalue weighted by molar-refractivity contribution is 5.77. The predicted molar refractivity (Wildman–Crippen MR) is 129 cm³/mol. The number of fused-ring (bicyclic) bond motifs is 3. The summed E-state index contributed by atoms with van der Waals surface area (Å²) < 4.78 is 40.7. The second-order valence-electron chi connectivity index (χ2n) is 9.92. The van der Waals surface area contributed by atoms with Gasteiger partial charge in [-0.25, -0.2) is 9.67 Å². The lowest BCUT2D eigenvalue weighted by Crippen LogP contribution is -2.39. The summed E-state index contributed by atoms with van der Waals surface area (Å²) in [7, 11) is 0. The number of allylic oxidation sites excluding steroid dienone is 2. The van der Waals surface area contributed by atoms with Gasteiger partial charge in [-0.1, -0.05) is 25.3 Å². The van der Waals surface area contributed by atoms with Gasteiger partial charge in [0, 0.05) is 25.3 Å². The second kappa shape index (κ2) is 8.80. The first kappa shape index (κ1) is 22.3. The Bertz CT molecular complexity index is 1150. The maximum Gasteiger partial charge on any atom is 0.453 e. The van der Waals surface area contributed by atoms with Gasteiger partial charge >= 0.3 is 6.18 Å². The summed E-state index contributed by atoms with van der Waals surface area (Å²) in [6.07, 6.45) is 8.18. The number of hydrogen-bond acceptors (Lipinski definition) is 6. The van der Waals surface area contributed by atoms with Crippen molar-refractivity contribution in [2.75, 3.05) is 34.8 Å². The molecule has 2 N–H and O–H groups in total. The molecular weight excluding hydrogens is 455 g/mol. The van der Waals surface area contributed by atoms with Crippen molar-refractivity contribution in [3.8, 4) is 0 Å². The molecule has 1 atom stereocenters. The lowest BCUT2D eigenvalue weighted by molar-refractivity contribution is -0.145. The minimum absolute atomic E-state index is 0.0512. The Kier molecular flexibility index (Phi) is 5.61. The van der Waals surface area contributed by atoms with Crippen molar-refractivity contribution in [2.45, 2.75) is 57.5 Å². The van der Waals surface area contributed by atoms with Crippen molar-refractivity contribution in [1.82, 2.24) is 20.1 Å². The van der Waals surface area contributed by atoms with E-state index >= 15 is 0 Å². The zero-order valence-corrected chi connectivity index (χ0v) is 19.6. The summed E-state index contributed by atoms with van der Waals surface area (Å²) >= 11 is 0. The molecule has 4 heterocycles. The Labute approximate surface area is 202 Å². The van der Waals surface area contributed by atoms with Crippen LogP contribution in [0.25, 0.3) is 0 Å². The van der Waals surface area contributed by atoms with Crippen LogP contribution in [-0.2, 0) is 19.3 Å². The molecule has 1 fully saturated rings. The molecule has 1 aromatic heterocycles. The van der Waals surface area contributed by atoms with Crippen LogP contribution in [0.4, 0.5) is 30.2 Å². The van der Waals surface area contributed by atoms with Crippen LogP contribution in [0.1, 0.15) is 43.8 Å². The van der Waals surface area contributed by atoms with Gasteiger partial charge in [0.25, 0.3) is 5.82 Å². The molecule has 1 aliphatic carbocycles. The minimum atomic E-state index is -4.53. The van der Waals surface area contributed by atoms with Crippen molar-refractivity contribution in [2.24, 2.45) is 5.92 Å². The van der Waals surface area contributed by atoms with E-state index in [0.717, 1.165) is 30.2 Å². The molecule has 0 radical (unpaired) electrons. The van der Waals surface area contributed by atoms with E-state index in [4.69, 9.17) is 0 Å². The molecule has 1 saturated carbocycles. The molecule has 0 saturated heterocycles. The van der Waals surface area contributed by atoms with E-state index in [1.165, 1.54) is 42.4 Å². The Morgan fingerprint density at radius 1 is 1.06 bits per heavy atom. The van der Waals surface area contributed by atoms with Crippen molar-refractivity contribution < 1.29 is 13.2 Å². The summed E-state index contributed by atoms with van der Waals surface area (Å²) in [6.45, 7) is 3.11. The van der Waals surface area contributed by atoms with E-state index in [1.54, 1.807) is 0 Å². The van der Waals surface area contributed by atoms with Crippen molar-refractivity contribution in [3.63, 3.8) is 0 Å². The lowest BCUT2D eigenvalue weighted by Gasteiger charge is -2.33. The Morgan fingerprint density at radius 3 is 2.74 bits per heavy atom. The smallest absolute Gasteiger partial charge is 0.368 e. The standard InChI is InChI=1S/C25H30F3N7/c26-25(27,28)24-31-22-16-33(11-12-35(22)32-24)19-8-9-20-21(13-19)34(14-17-5-2-1-3-6-17)15-18-7-4-10-29-23(18)30-20/h4,7-10,13,17,23,29-30H,1-3,5-6,11-12,14-16H2. The van der Waals surface area contributed by atoms with E-state index in [-0.39, 0.29) is 6.17 Å². The summed E-state index contributed by atoms with van der Waals surface area (Å²) in [4.78, 5) is 8.37. The molecule has 3 aliphatic heterocycles. The molecule has 35 heavy (non-hydrogen) atoms. The highest BCUT2D eigenvalue weighted by Gasteiger charge is 2.38. The van der Waals surface area contributed by atoms with Gasteiger partial charge in [-0.3, -0.25) is 0 Å². The van der Waals surface area contributed by atoms with E-state index < -0.39 is 12.0 Å². The first-order valence-corrected chi connectivity index (χ1v) is 12.5. The molecule has 0 spiro atoms. The quantitative estimate of drug-likeness (QED) is 0.668. The molecule has 7 nitrogen and oxygen atoms in total. The molecule has 10 heteroatoms. The number of nitrogens with one attached hydrogen (secondary N) is 2. The van der Waals surface area contributed by atoms with Crippen molar-refractivity contribution in [1.29, 1.82) is 0 Å². The molecule has 186 valence electrons. The predicted octanol–water partition coefficient (Wildman–Crippen LogP) is 4.50. The summed E-state index contributed by atoms with van der Waals surface area (Å²) in [5.41, 5.74) is 4.51. The van der Waals surface area contributed by atoms with Gasteiger partial charge in [-0.15, -0.1) is 5.10 Å². The highest BCUT2D eigenvalue weighted by atomic mass is 19.4. The molecule has 0 amide bonds. The second-order valence-corrected chi connectivity index (χ2v) is 9.92. The average molecular weight is 486 g/mol. The van der Waals surface area contributed by atoms with E-state index in [0.29, 0.717) is 31.4 Å². The monoisotopic (exact) mass is 485 g/mol. The van der Waals surface area contributed by atoms with E-state index in [9.17, 15) is 13.2 Å². The van der Waals surface area contributed by atoms with Gasteiger partial charge in [0.1, 0.15) is 12.0 Å². The fourth-order valence-electron chi connectivity index (χ4n) is 5.69. The van der Waals surface area contributed by atoms with Crippen LogP contribution in [0.3, 0.4) is 0 Å². The molecule has 1 unspecified atom stereocenters. The normalized spacial score (nSPS) is 22.4. The van der Waals surface area contributed by atoms with E-state index in [2.05, 4.69) is 54.8 Å². The minimum Gasteiger partial charge on any atom is -0.368 e. The van der Waals surface area contributed by atoms with Crippen LogP contribution in [0.5, 0.6) is 0 Å². The number of nitrogens with zero attached hydrogens (tertiary/aromatic N) is 5. The molecule has 0 bridgehead atoms. The van der Waals surface area contributed by atoms with Crippen LogP contribution in [-0.4, -0.2) is 40.6 Å². The van der Waals surface area contributed by atoms with Crippen LogP contribution in [0.15, 0.2) is 42.1 Å². The summed E-state index contributed by atoms with van der Waals surface area (Å²) in [5.74, 6) is -0.0305. The van der Waals surface area contributed by atoms with Gasteiger partial charge in [-0.05, 0) is 54.8 Å². The zero-order valence-electron chi connectivity index (χ0n) is 19.6. The maximum atomic E-state index is 13.1. The lowest BCUT2D eigenvalue weighted by atomic mass is 9.88. The van der Waals surface area contributed by atoms with Gasteiger partial charge in [-0.2, -0.15) is 13.2 Å². The topological polar surface area (TPSA) is 61.3 Å². The number of dihydropyridines is 1. The Hall–Kier alpha value is -3.17. The highest BCUT2D eigenvalue weighted by Crippen LogP contribution is 2.38. The van der Waals surface area contributed by atoms with Crippen LogP contribution in [0, 0.1) is 5.92 Å². The van der Waals surface area contributed by atoms with Crippen LogP contribution < -0.4 is 20.4 Å². The number of halogens is 3. The van der Waals surface area contributed by atoms with Gasteiger partial charge in [0.2, 0.25) is 0 Å². The van der Waals surface area contributed by atoms with Crippen LogP contribution in [0.2, 0.25) is 0 Å². The third-order valence-corrected chi connectivity index (χ3v) is 7.52. The number of hydrogen-bond donors (Lipinski definition) is 2. The average Bonchev–Trinajstić information content (AvgIpc) is 3.23.